The fraction of sp³-hybridized carbons (Fsp3) is 0.417. The summed E-state index contributed by atoms with van der Waals surface area (Å²) in [6, 6.07) is 4.19. The summed E-state index contributed by atoms with van der Waals surface area (Å²) in [5.74, 6) is -0.530. The van der Waals surface area contributed by atoms with E-state index < -0.39 is 0 Å². The molecular weight excluding hydrogens is 273 g/mol. The highest BCUT2D eigenvalue weighted by Crippen LogP contribution is 2.18. The zero-order chi connectivity index (χ0) is 12.1. The van der Waals surface area contributed by atoms with Gasteiger partial charge < -0.3 is 5.32 Å². The minimum atomic E-state index is -0.356. The summed E-state index contributed by atoms with van der Waals surface area (Å²) >= 11 is 3.18. The molecule has 0 saturated carbocycles. The third kappa shape index (κ3) is 3.59. The summed E-state index contributed by atoms with van der Waals surface area (Å²) in [5.41, 5.74) is 0.462. The Kier molecular flexibility index (Phi) is 4.93. The Morgan fingerprint density at radius 3 is 2.81 bits per heavy atom. The van der Waals surface area contributed by atoms with Gasteiger partial charge in [0.05, 0.1) is 5.56 Å². The summed E-state index contributed by atoms with van der Waals surface area (Å²) in [5, 5.41) is 2.87. The van der Waals surface area contributed by atoms with Crippen LogP contribution in [0, 0.1) is 5.82 Å². The third-order valence-corrected chi connectivity index (χ3v) is 2.93. The lowest BCUT2D eigenvalue weighted by Gasteiger charge is -2.13. The maximum Gasteiger partial charge on any atom is 0.252 e. The molecule has 1 aromatic carbocycles. The highest BCUT2D eigenvalue weighted by molar-refractivity contribution is 9.10. The van der Waals surface area contributed by atoms with Crippen molar-refractivity contribution in [1.82, 2.24) is 5.32 Å². The normalized spacial score (nSPS) is 12.2. The van der Waals surface area contributed by atoms with E-state index in [0.29, 0.717) is 10.0 Å². The molecule has 1 N–H and O–H groups in total. The molecule has 1 unspecified atom stereocenters. The molecular formula is C12H15BrFNO. The molecule has 1 atom stereocenters. The summed E-state index contributed by atoms with van der Waals surface area (Å²) < 4.78 is 13.3. The molecule has 16 heavy (non-hydrogen) atoms. The minimum Gasteiger partial charge on any atom is -0.350 e. The van der Waals surface area contributed by atoms with Gasteiger partial charge in [-0.1, -0.05) is 13.3 Å². The zero-order valence-electron chi connectivity index (χ0n) is 9.39. The zero-order valence-corrected chi connectivity index (χ0v) is 11.0. The first kappa shape index (κ1) is 13.2. The molecule has 0 aliphatic heterocycles. The van der Waals surface area contributed by atoms with E-state index in [-0.39, 0.29) is 17.8 Å². The Balaban J connectivity index is 2.73. The molecule has 0 radical (unpaired) electrons. The first-order valence-corrected chi connectivity index (χ1v) is 6.09. The van der Waals surface area contributed by atoms with E-state index in [9.17, 15) is 9.18 Å². The van der Waals surface area contributed by atoms with E-state index in [1.807, 2.05) is 6.92 Å². The number of hydrogen-bond acceptors (Lipinski definition) is 1. The van der Waals surface area contributed by atoms with Crippen LogP contribution in [0.3, 0.4) is 0 Å². The molecule has 4 heteroatoms. The van der Waals surface area contributed by atoms with Gasteiger partial charge in [-0.15, -0.1) is 0 Å². The molecule has 0 bridgehead atoms. The van der Waals surface area contributed by atoms with Gasteiger partial charge in [-0.25, -0.2) is 4.39 Å². The van der Waals surface area contributed by atoms with Crippen molar-refractivity contribution in [2.75, 3.05) is 0 Å². The Morgan fingerprint density at radius 1 is 1.56 bits per heavy atom. The number of halogens is 2. The molecule has 0 spiro atoms. The number of amides is 1. The van der Waals surface area contributed by atoms with Crippen molar-refractivity contribution < 1.29 is 9.18 Å². The van der Waals surface area contributed by atoms with Gasteiger partial charge in [0, 0.05) is 10.5 Å². The van der Waals surface area contributed by atoms with Gasteiger partial charge >= 0.3 is 0 Å². The van der Waals surface area contributed by atoms with Crippen molar-refractivity contribution >= 4 is 21.8 Å². The van der Waals surface area contributed by atoms with E-state index in [2.05, 4.69) is 28.2 Å². The Bertz CT molecular complexity index is 381. The topological polar surface area (TPSA) is 29.1 Å². The predicted molar refractivity (Wildman–Crippen MR) is 65.9 cm³/mol. The first-order chi connectivity index (χ1) is 7.54. The number of benzene rings is 1. The number of hydrogen-bond donors (Lipinski definition) is 1. The standard InChI is InChI=1S/C12H15BrFNO/c1-3-4-8(2)15-12(16)10-6-5-9(14)7-11(10)13/h5-8H,3-4H2,1-2H3,(H,15,16). The number of rotatable bonds is 4. The van der Waals surface area contributed by atoms with E-state index in [1.165, 1.54) is 18.2 Å². The van der Waals surface area contributed by atoms with Crippen LogP contribution in [0.2, 0.25) is 0 Å². The maximum atomic E-state index is 12.8. The second kappa shape index (κ2) is 5.99. The van der Waals surface area contributed by atoms with Gasteiger partial charge in [0.25, 0.3) is 5.91 Å². The van der Waals surface area contributed by atoms with E-state index in [0.717, 1.165) is 12.8 Å². The van der Waals surface area contributed by atoms with Crippen LogP contribution in [0.25, 0.3) is 0 Å². The van der Waals surface area contributed by atoms with Gasteiger partial charge in [0.15, 0.2) is 0 Å². The monoisotopic (exact) mass is 287 g/mol. The predicted octanol–water partition coefficient (Wildman–Crippen LogP) is 3.51. The van der Waals surface area contributed by atoms with E-state index in [1.54, 1.807) is 0 Å². The number of carbonyl (C=O) groups excluding carboxylic acids is 1. The molecule has 0 aliphatic carbocycles. The highest BCUT2D eigenvalue weighted by Gasteiger charge is 2.12. The van der Waals surface area contributed by atoms with Crippen molar-refractivity contribution in [2.24, 2.45) is 0 Å². The van der Waals surface area contributed by atoms with Crippen molar-refractivity contribution in [3.8, 4) is 0 Å². The van der Waals surface area contributed by atoms with E-state index >= 15 is 0 Å². The smallest absolute Gasteiger partial charge is 0.252 e. The lowest BCUT2D eigenvalue weighted by Crippen LogP contribution is -2.32. The van der Waals surface area contributed by atoms with Gasteiger partial charge in [-0.05, 0) is 47.5 Å². The molecule has 88 valence electrons. The minimum absolute atomic E-state index is 0.134. The van der Waals surface area contributed by atoms with Crippen LogP contribution >= 0.6 is 15.9 Å². The van der Waals surface area contributed by atoms with Crippen LogP contribution < -0.4 is 5.32 Å². The summed E-state index contributed by atoms with van der Waals surface area (Å²) in [6.45, 7) is 4.02. The summed E-state index contributed by atoms with van der Waals surface area (Å²) in [4.78, 5) is 11.8. The fourth-order valence-electron chi connectivity index (χ4n) is 1.48. The second-order valence-corrected chi connectivity index (χ2v) is 4.64. The second-order valence-electron chi connectivity index (χ2n) is 3.79. The Labute approximate surface area is 103 Å². The van der Waals surface area contributed by atoms with Crippen molar-refractivity contribution in [1.29, 1.82) is 0 Å². The molecule has 2 nitrogen and oxygen atoms in total. The first-order valence-electron chi connectivity index (χ1n) is 5.30. The average molecular weight is 288 g/mol. The van der Waals surface area contributed by atoms with Crippen molar-refractivity contribution in [3.63, 3.8) is 0 Å². The molecule has 0 heterocycles. The molecule has 1 amide bonds. The Morgan fingerprint density at radius 2 is 2.25 bits per heavy atom. The lowest BCUT2D eigenvalue weighted by atomic mass is 10.1. The summed E-state index contributed by atoms with van der Waals surface area (Å²) in [7, 11) is 0. The average Bonchev–Trinajstić information content (AvgIpc) is 2.17. The molecule has 0 aliphatic rings. The molecule has 1 aromatic rings. The van der Waals surface area contributed by atoms with Gasteiger partial charge in [-0.2, -0.15) is 0 Å². The van der Waals surface area contributed by atoms with E-state index in [4.69, 9.17) is 0 Å². The van der Waals surface area contributed by atoms with Gasteiger partial charge in [0.1, 0.15) is 5.82 Å². The lowest BCUT2D eigenvalue weighted by molar-refractivity contribution is 0.0937. The fourth-order valence-corrected chi connectivity index (χ4v) is 2.01. The number of nitrogens with one attached hydrogen (secondary N) is 1. The van der Waals surface area contributed by atoms with Gasteiger partial charge in [-0.3, -0.25) is 4.79 Å². The highest BCUT2D eigenvalue weighted by atomic mass is 79.9. The van der Waals surface area contributed by atoms with Crippen LogP contribution in [0.4, 0.5) is 4.39 Å². The van der Waals surface area contributed by atoms with Crippen LogP contribution in [0.15, 0.2) is 22.7 Å². The maximum absolute atomic E-state index is 12.8. The van der Waals surface area contributed by atoms with Crippen LogP contribution in [-0.4, -0.2) is 11.9 Å². The molecule has 0 saturated heterocycles. The quantitative estimate of drug-likeness (QED) is 0.902. The molecule has 0 fully saturated rings. The Hall–Kier alpha value is -0.900. The van der Waals surface area contributed by atoms with Crippen molar-refractivity contribution in [2.45, 2.75) is 32.7 Å². The molecule has 1 rings (SSSR count). The van der Waals surface area contributed by atoms with Crippen LogP contribution in [0.5, 0.6) is 0 Å². The van der Waals surface area contributed by atoms with Crippen LogP contribution in [0.1, 0.15) is 37.0 Å². The number of carbonyl (C=O) groups is 1. The van der Waals surface area contributed by atoms with Gasteiger partial charge in [0.2, 0.25) is 0 Å². The van der Waals surface area contributed by atoms with Crippen LogP contribution in [-0.2, 0) is 0 Å². The third-order valence-electron chi connectivity index (χ3n) is 2.27. The SMILES string of the molecule is CCCC(C)NC(=O)c1ccc(F)cc1Br. The largest absolute Gasteiger partial charge is 0.350 e. The molecule has 0 aromatic heterocycles. The van der Waals surface area contributed by atoms with Crippen molar-refractivity contribution in [3.05, 3.63) is 34.1 Å². The summed E-state index contributed by atoms with van der Waals surface area (Å²) in [6.07, 6.45) is 1.95.